The number of rotatable bonds is 4. The van der Waals surface area contributed by atoms with Gasteiger partial charge in [-0.15, -0.1) is 0 Å². The maximum atomic E-state index is 10.3. The number of hydrogen-bond donors (Lipinski definition) is 0. The first kappa shape index (κ1) is 28.8. The van der Waals surface area contributed by atoms with Gasteiger partial charge in [-0.1, -0.05) is 78.9 Å². The quantitative estimate of drug-likeness (QED) is 0.193. The summed E-state index contributed by atoms with van der Waals surface area (Å²) < 4.78 is 4.46. The smallest absolute Gasteiger partial charge is 0.0992 e. The first-order valence-electron chi connectivity index (χ1n) is 16.3. The molecule has 0 saturated heterocycles. The summed E-state index contributed by atoms with van der Waals surface area (Å²) in [4.78, 5) is 0. The molecule has 5 nitrogen and oxygen atoms in total. The molecule has 0 fully saturated rings. The summed E-state index contributed by atoms with van der Waals surface area (Å²) in [5.41, 5.74) is 11.7. The maximum Gasteiger partial charge on any atom is 0.0992 e. The molecule has 0 unspecified atom stereocenters. The van der Waals surface area contributed by atoms with Gasteiger partial charge in [0.1, 0.15) is 0 Å². The summed E-state index contributed by atoms with van der Waals surface area (Å²) in [5, 5.41) is 33.8. The Balaban J connectivity index is 1.29. The molecule has 0 saturated carbocycles. The summed E-state index contributed by atoms with van der Waals surface area (Å²) >= 11 is 0. The van der Waals surface area contributed by atoms with Gasteiger partial charge in [0.15, 0.2) is 0 Å². The Hall–Kier alpha value is -7.39. The predicted molar refractivity (Wildman–Crippen MR) is 200 cm³/mol. The molecule has 0 aliphatic carbocycles. The minimum atomic E-state index is 0.552. The third-order valence-corrected chi connectivity index (χ3v) is 9.58. The number of hydrogen-bond acceptors (Lipinski definition) is 3. The Morgan fingerprint density at radius 1 is 0.360 bits per heavy atom. The predicted octanol–water partition coefficient (Wildman–Crippen LogP) is 10.8. The molecule has 9 aromatic rings. The average Bonchev–Trinajstić information content (AvgIpc) is 3.69. The Morgan fingerprint density at radius 3 is 1.50 bits per heavy atom. The molecule has 0 bridgehead atoms. The van der Waals surface area contributed by atoms with Crippen molar-refractivity contribution in [3.63, 3.8) is 0 Å². The van der Waals surface area contributed by atoms with Gasteiger partial charge in [-0.05, 0) is 89.5 Å². The zero-order valence-corrected chi connectivity index (χ0v) is 26.7. The van der Waals surface area contributed by atoms with Crippen LogP contribution in [0.15, 0.2) is 152 Å². The zero-order chi connectivity index (χ0) is 33.8. The van der Waals surface area contributed by atoms with Crippen molar-refractivity contribution in [3.8, 4) is 51.8 Å². The Kier molecular flexibility index (Phi) is 6.56. The summed E-state index contributed by atoms with van der Waals surface area (Å²) in [6, 6.07) is 57.9. The van der Waals surface area contributed by atoms with Gasteiger partial charge in [0.05, 0.1) is 62.7 Å². The molecule has 0 radical (unpaired) electrons. The average molecular weight is 636 g/mol. The number of benzene rings is 7. The van der Waals surface area contributed by atoms with Gasteiger partial charge in [0, 0.05) is 32.8 Å². The number of fused-ring (bicyclic) bond motifs is 6. The second-order valence-electron chi connectivity index (χ2n) is 12.3. The molecule has 0 spiro atoms. The van der Waals surface area contributed by atoms with Gasteiger partial charge in [-0.3, -0.25) is 0 Å². The van der Waals surface area contributed by atoms with E-state index in [0.29, 0.717) is 16.7 Å². The summed E-state index contributed by atoms with van der Waals surface area (Å²) in [6.45, 7) is 0. The van der Waals surface area contributed by atoms with Crippen LogP contribution < -0.4 is 0 Å². The van der Waals surface area contributed by atoms with Crippen LogP contribution in [0.4, 0.5) is 0 Å². The summed E-state index contributed by atoms with van der Waals surface area (Å²) in [6.07, 6.45) is 0. The highest BCUT2D eigenvalue weighted by molar-refractivity contribution is 6.11. The van der Waals surface area contributed by atoms with E-state index in [1.165, 1.54) is 0 Å². The molecule has 2 aromatic heterocycles. The molecular formula is C45H25N5. The Labute approximate surface area is 287 Å². The van der Waals surface area contributed by atoms with Crippen LogP contribution in [0.3, 0.4) is 0 Å². The van der Waals surface area contributed by atoms with Crippen LogP contribution in [-0.4, -0.2) is 9.13 Å². The standard InChI is InChI=1S/C45H25N5/c46-26-29-17-19-44-39(23-29)37-12-4-6-14-41(37)49(44)33-22-31(28-48)21-32(25-33)34-9-1-2-10-35(34)36-11-3-7-15-42(36)50-43-16-8-5-13-38(43)40-24-30(27-47)18-20-45(40)50/h1-25H. The molecule has 0 atom stereocenters. The van der Waals surface area contributed by atoms with Gasteiger partial charge >= 0.3 is 0 Å². The van der Waals surface area contributed by atoms with Crippen molar-refractivity contribution in [1.82, 2.24) is 9.13 Å². The Bertz CT molecular complexity index is 2970. The number of nitrogens with zero attached hydrogens (tertiary/aromatic N) is 5. The molecular weight excluding hydrogens is 611 g/mol. The van der Waals surface area contributed by atoms with Gasteiger partial charge in [0.25, 0.3) is 0 Å². The van der Waals surface area contributed by atoms with Gasteiger partial charge < -0.3 is 9.13 Å². The highest BCUT2D eigenvalue weighted by Crippen LogP contribution is 2.41. The molecule has 5 heteroatoms. The van der Waals surface area contributed by atoms with E-state index >= 15 is 0 Å². The Morgan fingerprint density at radius 2 is 0.860 bits per heavy atom. The third kappa shape index (κ3) is 4.38. The van der Waals surface area contributed by atoms with Gasteiger partial charge in [0.2, 0.25) is 0 Å². The lowest BCUT2D eigenvalue weighted by Crippen LogP contribution is -1.99. The molecule has 2 heterocycles. The SMILES string of the molecule is N#Cc1cc(-c2ccccc2-c2ccccc2-n2c3ccccc3c3cc(C#N)ccc32)cc(-n2c3ccccc3c3cc(C#N)ccc32)c1. The first-order chi connectivity index (χ1) is 24.7. The van der Waals surface area contributed by atoms with Crippen LogP contribution in [0.2, 0.25) is 0 Å². The fraction of sp³-hybridized carbons (Fsp3) is 0. The van der Waals surface area contributed by atoms with Crippen molar-refractivity contribution in [1.29, 1.82) is 15.8 Å². The van der Waals surface area contributed by atoms with E-state index in [-0.39, 0.29) is 0 Å². The van der Waals surface area contributed by atoms with E-state index in [1.807, 2.05) is 78.9 Å². The number of nitriles is 3. The second kappa shape index (κ2) is 11.4. The molecule has 50 heavy (non-hydrogen) atoms. The second-order valence-corrected chi connectivity index (χ2v) is 12.3. The van der Waals surface area contributed by atoms with Crippen LogP contribution in [0.1, 0.15) is 16.7 Å². The van der Waals surface area contributed by atoms with Crippen molar-refractivity contribution < 1.29 is 0 Å². The fourth-order valence-corrected chi connectivity index (χ4v) is 7.45. The van der Waals surface area contributed by atoms with Gasteiger partial charge in [-0.2, -0.15) is 15.8 Å². The van der Waals surface area contributed by atoms with Crippen molar-refractivity contribution in [2.24, 2.45) is 0 Å². The summed E-state index contributed by atoms with van der Waals surface area (Å²) in [5.74, 6) is 0. The minimum Gasteiger partial charge on any atom is -0.309 e. The topological polar surface area (TPSA) is 81.2 Å². The molecule has 0 N–H and O–H groups in total. The normalized spacial score (nSPS) is 11.1. The van der Waals surface area contributed by atoms with E-state index in [1.54, 1.807) is 0 Å². The monoisotopic (exact) mass is 635 g/mol. The zero-order valence-electron chi connectivity index (χ0n) is 26.7. The first-order valence-corrected chi connectivity index (χ1v) is 16.3. The van der Waals surface area contributed by atoms with E-state index in [0.717, 1.165) is 77.2 Å². The fourth-order valence-electron chi connectivity index (χ4n) is 7.45. The van der Waals surface area contributed by atoms with Crippen molar-refractivity contribution in [2.75, 3.05) is 0 Å². The number of para-hydroxylation sites is 3. The van der Waals surface area contributed by atoms with Crippen molar-refractivity contribution in [3.05, 3.63) is 168 Å². The lowest BCUT2D eigenvalue weighted by molar-refractivity contribution is 1.18. The van der Waals surface area contributed by atoms with Crippen LogP contribution in [0.25, 0.3) is 77.2 Å². The van der Waals surface area contributed by atoms with Crippen molar-refractivity contribution in [2.45, 2.75) is 0 Å². The molecule has 9 rings (SSSR count). The van der Waals surface area contributed by atoms with Crippen LogP contribution in [0.5, 0.6) is 0 Å². The lowest BCUT2D eigenvalue weighted by atomic mass is 9.92. The molecule has 0 aliphatic rings. The number of aromatic nitrogens is 2. The minimum absolute atomic E-state index is 0.552. The van der Waals surface area contributed by atoms with E-state index < -0.39 is 0 Å². The van der Waals surface area contributed by atoms with E-state index in [4.69, 9.17) is 0 Å². The van der Waals surface area contributed by atoms with E-state index in [2.05, 4.69) is 100 Å². The molecule has 0 amide bonds. The van der Waals surface area contributed by atoms with Crippen LogP contribution in [0, 0.1) is 34.0 Å². The molecule has 7 aromatic carbocycles. The van der Waals surface area contributed by atoms with Crippen molar-refractivity contribution >= 4 is 43.6 Å². The third-order valence-electron chi connectivity index (χ3n) is 9.58. The van der Waals surface area contributed by atoms with E-state index in [9.17, 15) is 15.8 Å². The van der Waals surface area contributed by atoms with Gasteiger partial charge in [-0.25, -0.2) is 0 Å². The van der Waals surface area contributed by atoms with Crippen LogP contribution in [-0.2, 0) is 0 Å². The highest BCUT2D eigenvalue weighted by atomic mass is 15.0. The lowest BCUT2D eigenvalue weighted by Gasteiger charge is -2.18. The largest absolute Gasteiger partial charge is 0.309 e. The highest BCUT2D eigenvalue weighted by Gasteiger charge is 2.19. The molecule has 230 valence electrons. The van der Waals surface area contributed by atoms with Crippen LogP contribution >= 0.6 is 0 Å². The summed E-state index contributed by atoms with van der Waals surface area (Å²) in [7, 11) is 0. The maximum absolute atomic E-state index is 10.3. The molecule has 0 aliphatic heterocycles.